The molecule has 2 aliphatic heterocycles. The third-order valence-electron chi connectivity index (χ3n) is 4.89. The average molecular weight is 507 g/mol. The zero-order valence-electron chi connectivity index (χ0n) is 17.5. The van der Waals surface area contributed by atoms with Gasteiger partial charge in [0.15, 0.2) is 5.76 Å². The fraction of sp³-hybridized carbons (Fsp3) is 0.263. The van der Waals surface area contributed by atoms with Gasteiger partial charge in [0.25, 0.3) is 11.8 Å². The minimum Gasteiger partial charge on any atom is -0.477 e. The van der Waals surface area contributed by atoms with Crippen molar-refractivity contribution >= 4 is 47.0 Å². The van der Waals surface area contributed by atoms with E-state index in [4.69, 9.17) is 15.1 Å². The average Bonchev–Trinajstić information content (AvgIpc) is 3.35. The highest BCUT2D eigenvalue weighted by Crippen LogP contribution is 2.41. The summed E-state index contributed by atoms with van der Waals surface area (Å²) in [6.45, 7) is 0. The van der Waals surface area contributed by atoms with Crippen molar-refractivity contribution in [3.8, 4) is 0 Å². The molecule has 0 bridgehead atoms. The van der Waals surface area contributed by atoms with E-state index >= 15 is 0 Å². The maximum Gasteiger partial charge on any atom is 0.366 e. The predicted octanol–water partition coefficient (Wildman–Crippen LogP) is -0.568. The van der Waals surface area contributed by atoms with Crippen molar-refractivity contribution in [3.05, 3.63) is 58.2 Å². The van der Waals surface area contributed by atoms with Gasteiger partial charge in [-0.05, 0) is 23.8 Å². The summed E-state index contributed by atoms with van der Waals surface area (Å²) in [4.78, 5) is 58.8. The first kappa shape index (κ1) is 23.4. The fourth-order valence-corrected chi connectivity index (χ4v) is 5.68. The molecule has 2 aromatic rings. The topological polar surface area (TPSA) is 182 Å². The molecule has 2 aromatic heterocycles. The fourth-order valence-electron chi connectivity index (χ4n) is 3.35. The van der Waals surface area contributed by atoms with Crippen LogP contribution in [0.4, 0.5) is 0 Å². The summed E-state index contributed by atoms with van der Waals surface area (Å²) in [7, 11) is 1.27. The second kappa shape index (κ2) is 9.64. The van der Waals surface area contributed by atoms with E-state index in [1.807, 2.05) is 0 Å². The van der Waals surface area contributed by atoms with Gasteiger partial charge in [0, 0.05) is 17.7 Å². The monoisotopic (exact) mass is 506 g/mol. The molecule has 13 nitrogen and oxygen atoms in total. The van der Waals surface area contributed by atoms with E-state index < -0.39 is 34.9 Å². The number of β-lactam (4-membered cyclic amide) rings is 1. The van der Waals surface area contributed by atoms with Crippen LogP contribution in [0.5, 0.6) is 0 Å². The van der Waals surface area contributed by atoms with E-state index in [0.29, 0.717) is 16.4 Å². The van der Waals surface area contributed by atoms with Gasteiger partial charge >= 0.3 is 11.7 Å². The molecular formula is C19H18N6O7S2. The van der Waals surface area contributed by atoms with Crippen molar-refractivity contribution in [1.29, 1.82) is 0 Å². The largest absolute Gasteiger partial charge is 0.477 e. The highest BCUT2D eigenvalue weighted by Gasteiger charge is 2.54. The highest BCUT2D eigenvalue weighted by atomic mass is 32.2. The van der Waals surface area contributed by atoms with Crippen molar-refractivity contribution in [3.63, 3.8) is 0 Å². The minimum atomic E-state index is -1.26. The Morgan fingerprint density at radius 1 is 1.44 bits per heavy atom. The number of aromatic nitrogens is 2. The van der Waals surface area contributed by atoms with Crippen LogP contribution in [0.1, 0.15) is 5.76 Å². The summed E-state index contributed by atoms with van der Waals surface area (Å²) >= 11 is 2.47. The summed E-state index contributed by atoms with van der Waals surface area (Å²) in [6, 6.07) is 3.67. The molecule has 34 heavy (non-hydrogen) atoms. The lowest BCUT2D eigenvalue weighted by Crippen LogP contribution is -2.71. The Morgan fingerprint density at radius 2 is 2.24 bits per heavy atom. The molecular weight excluding hydrogens is 488 g/mol. The summed E-state index contributed by atoms with van der Waals surface area (Å²) < 4.78 is 6.01. The van der Waals surface area contributed by atoms with E-state index in [9.17, 15) is 24.3 Å². The first-order valence-electron chi connectivity index (χ1n) is 9.65. The third-order valence-corrected chi connectivity index (χ3v) is 7.24. The zero-order chi connectivity index (χ0) is 24.4. The summed E-state index contributed by atoms with van der Waals surface area (Å²) in [5.41, 5.74) is -0.445. The molecule has 0 aliphatic carbocycles. The van der Waals surface area contributed by atoms with Crippen molar-refractivity contribution in [2.75, 3.05) is 24.5 Å². The Kier molecular flexibility index (Phi) is 6.65. The van der Waals surface area contributed by atoms with Gasteiger partial charge in [0.05, 0.1) is 6.26 Å². The molecule has 4 N–H and O–H groups in total. The summed E-state index contributed by atoms with van der Waals surface area (Å²) in [5.74, 6) is 3.54. The second-order valence-electron chi connectivity index (χ2n) is 6.96. The lowest BCUT2D eigenvalue weighted by atomic mass is 10.0. The van der Waals surface area contributed by atoms with Gasteiger partial charge in [-0.1, -0.05) is 5.16 Å². The normalized spacial score (nSPS) is 20.0. The molecule has 2 amide bonds. The molecule has 4 rings (SSSR count). The number of oxime groups is 1. The molecule has 0 aromatic carbocycles. The van der Waals surface area contributed by atoms with E-state index in [2.05, 4.69) is 15.5 Å². The first-order valence-corrected chi connectivity index (χ1v) is 11.7. The minimum absolute atomic E-state index is 0.143. The number of nitrogens with zero attached hydrogens (tertiary/aromatic N) is 4. The Balaban J connectivity index is 1.49. The number of carbonyl (C=O) groups excluding carboxylic acids is 2. The maximum absolute atomic E-state index is 12.8. The number of aliphatic carboxylic acids is 1. The Labute approximate surface area is 200 Å². The first-order chi connectivity index (χ1) is 16.3. The van der Waals surface area contributed by atoms with Crippen molar-refractivity contribution in [1.82, 2.24) is 19.9 Å². The molecule has 2 atom stereocenters. The number of nitrogens with two attached hydrogens (primary N) is 1. The molecule has 0 radical (unpaired) electrons. The standard InChI is InChI=1S/C19H18N6O7S2/c1-31-23-12(10-3-2-6-32-10)15(26)22-13-16(27)25-14(18(28)29)9(8-34-17(13)25)7-33-11-4-5-24(20)19(30)21-11/h2-6,13,17H,7-8,20H2,1H3,(H,22,26)(H,28,29)/t13-,17+/m1/s1. The van der Waals surface area contributed by atoms with Crippen LogP contribution in [0.15, 0.2) is 61.3 Å². The number of carbonyl (C=O) groups is 3. The molecule has 2 aliphatic rings. The van der Waals surface area contributed by atoms with Crippen LogP contribution in [-0.2, 0) is 19.2 Å². The Morgan fingerprint density at radius 3 is 2.88 bits per heavy atom. The number of carboxylic acids is 1. The number of carboxylic acid groups (broad SMARTS) is 1. The number of fused-ring (bicyclic) bond motifs is 1. The Hall–Kier alpha value is -3.72. The van der Waals surface area contributed by atoms with Crippen LogP contribution in [0.25, 0.3) is 0 Å². The molecule has 4 heterocycles. The van der Waals surface area contributed by atoms with Gasteiger partial charge < -0.3 is 25.5 Å². The summed E-state index contributed by atoms with van der Waals surface area (Å²) in [6.07, 6.45) is 2.72. The number of nitrogens with one attached hydrogen (secondary N) is 1. The molecule has 1 saturated heterocycles. The number of amides is 2. The molecule has 15 heteroatoms. The number of hydrogen-bond acceptors (Lipinski definition) is 11. The van der Waals surface area contributed by atoms with Gasteiger partial charge in [0.1, 0.15) is 29.2 Å². The molecule has 1 fully saturated rings. The SMILES string of the molecule is CON=C(C(=O)N[C@@H]1C(=O)N2C(C(=O)O)=C(CSc3ccn(N)c(=O)n3)CS[C@@H]12)c1ccco1. The van der Waals surface area contributed by atoms with Gasteiger partial charge in [0.2, 0.25) is 5.71 Å². The number of rotatable bonds is 8. The van der Waals surface area contributed by atoms with E-state index in [-0.39, 0.29) is 22.9 Å². The van der Waals surface area contributed by atoms with Crippen molar-refractivity contribution in [2.24, 2.45) is 5.16 Å². The van der Waals surface area contributed by atoms with Crippen molar-refractivity contribution in [2.45, 2.75) is 16.4 Å². The third kappa shape index (κ3) is 4.38. The molecule has 178 valence electrons. The second-order valence-corrected chi connectivity index (χ2v) is 9.06. The lowest BCUT2D eigenvalue weighted by Gasteiger charge is -2.49. The van der Waals surface area contributed by atoms with Crippen LogP contribution in [-0.4, -0.2) is 73.2 Å². The Bertz CT molecular complexity index is 1260. The number of furan rings is 1. The predicted molar refractivity (Wildman–Crippen MR) is 121 cm³/mol. The molecule has 0 unspecified atom stereocenters. The summed E-state index contributed by atoms with van der Waals surface area (Å²) in [5, 5.41) is 15.8. The van der Waals surface area contributed by atoms with Gasteiger partial charge in [-0.15, -0.1) is 23.5 Å². The molecule has 0 saturated carbocycles. The molecule has 0 spiro atoms. The van der Waals surface area contributed by atoms with Crippen molar-refractivity contribution < 1.29 is 28.7 Å². The van der Waals surface area contributed by atoms with Gasteiger partial charge in [-0.2, -0.15) is 4.98 Å². The quantitative estimate of drug-likeness (QED) is 0.104. The van der Waals surface area contributed by atoms with E-state index in [1.165, 1.54) is 43.5 Å². The van der Waals surface area contributed by atoms with Gasteiger partial charge in [-0.25, -0.2) is 14.3 Å². The maximum atomic E-state index is 12.8. The zero-order valence-corrected chi connectivity index (χ0v) is 19.2. The smallest absolute Gasteiger partial charge is 0.366 e. The van der Waals surface area contributed by atoms with Crippen LogP contribution >= 0.6 is 23.5 Å². The highest BCUT2D eigenvalue weighted by molar-refractivity contribution is 8.01. The van der Waals surface area contributed by atoms with Crippen LogP contribution < -0.4 is 16.8 Å². The van der Waals surface area contributed by atoms with Crippen LogP contribution in [0.2, 0.25) is 0 Å². The van der Waals surface area contributed by atoms with Gasteiger partial charge in [-0.3, -0.25) is 14.5 Å². The number of hydrogen-bond donors (Lipinski definition) is 3. The number of thioether (sulfide) groups is 2. The lowest BCUT2D eigenvalue weighted by molar-refractivity contribution is -0.150. The number of nitrogen functional groups attached to an aromatic ring is 1. The van der Waals surface area contributed by atoms with Crippen LogP contribution in [0.3, 0.4) is 0 Å². The van der Waals surface area contributed by atoms with Crippen LogP contribution in [0, 0.1) is 0 Å². The van der Waals surface area contributed by atoms with E-state index in [0.717, 1.165) is 21.3 Å². The van der Waals surface area contributed by atoms with E-state index in [1.54, 1.807) is 6.07 Å².